The minimum Gasteiger partial charge on any atom is -0.241 e. The molecule has 0 amide bonds. The second kappa shape index (κ2) is 5.41. The first-order valence-corrected chi connectivity index (χ1v) is 6.39. The average molecular weight is 339 g/mol. The molecule has 1 nitrogen and oxygen atoms in total. The van der Waals surface area contributed by atoms with E-state index in [4.69, 9.17) is 0 Å². The van der Waals surface area contributed by atoms with E-state index in [9.17, 15) is 0 Å². The van der Waals surface area contributed by atoms with Gasteiger partial charge in [-0.1, -0.05) is 46.3 Å². The van der Waals surface area contributed by atoms with Crippen molar-refractivity contribution in [1.29, 1.82) is 0 Å². The summed E-state index contributed by atoms with van der Waals surface area (Å²) in [7, 11) is 0. The van der Waals surface area contributed by atoms with Gasteiger partial charge < -0.3 is 0 Å². The molecule has 2 rings (SSSR count). The zero-order chi connectivity index (χ0) is 11.4. The van der Waals surface area contributed by atoms with Crippen LogP contribution in [0.4, 0.5) is 5.69 Å². The van der Waals surface area contributed by atoms with Gasteiger partial charge in [-0.05, 0) is 40.2 Å². The molecule has 3 heteroatoms. The van der Waals surface area contributed by atoms with Crippen LogP contribution in [0.5, 0.6) is 0 Å². The van der Waals surface area contributed by atoms with E-state index >= 15 is 0 Å². The first-order chi connectivity index (χ1) is 7.75. The molecule has 0 aliphatic rings. The minimum atomic E-state index is 0.843. The number of halogens is 2. The van der Waals surface area contributed by atoms with Crippen LogP contribution in [0.15, 0.2) is 64.1 Å². The Morgan fingerprint density at radius 3 is 2.12 bits per heavy atom. The Morgan fingerprint density at radius 1 is 0.875 bits per heavy atom. The summed E-state index contributed by atoms with van der Waals surface area (Å²) in [6.07, 6.45) is 0. The van der Waals surface area contributed by atoms with E-state index in [2.05, 4.69) is 36.9 Å². The predicted molar refractivity (Wildman–Crippen MR) is 75.7 cm³/mol. The maximum absolute atomic E-state index is 4.48. The lowest BCUT2D eigenvalue weighted by Gasteiger charge is -1.99. The molecule has 0 fully saturated rings. The molecule has 0 saturated carbocycles. The van der Waals surface area contributed by atoms with E-state index in [1.54, 1.807) is 0 Å². The fourth-order valence-electron chi connectivity index (χ4n) is 1.27. The maximum Gasteiger partial charge on any atom is 0.113 e. The van der Waals surface area contributed by atoms with Crippen LogP contribution in [0.2, 0.25) is 0 Å². The van der Waals surface area contributed by atoms with Crippen molar-refractivity contribution in [3.63, 3.8) is 0 Å². The molecule has 0 N–H and O–H groups in total. The second-order valence-electron chi connectivity index (χ2n) is 3.25. The van der Waals surface area contributed by atoms with Gasteiger partial charge in [-0.3, -0.25) is 0 Å². The number of rotatable bonds is 2. The third-order valence-electron chi connectivity index (χ3n) is 2.07. The standard InChI is InChI=1S/C13H9Br2N/c14-11-6-8-12(9-7-11)16-13(15)10-4-2-1-3-5-10/h1-9H. The number of aliphatic imine (C=N–C) groups is 1. The molecule has 0 aliphatic heterocycles. The fourth-order valence-corrected chi connectivity index (χ4v) is 2.00. The molecule has 0 radical (unpaired) electrons. The van der Waals surface area contributed by atoms with Crippen molar-refractivity contribution >= 4 is 42.2 Å². The van der Waals surface area contributed by atoms with Crippen LogP contribution < -0.4 is 0 Å². The summed E-state index contributed by atoms with van der Waals surface area (Å²) < 4.78 is 1.90. The molecule has 0 aliphatic carbocycles. The molecular formula is C13H9Br2N. The first-order valence-electron chi connectivity index (χ1n) is 4.81. The van der Waals surface area contributed by atoms with E-state index in [0.29, 0.717) is 0 Å². The molecule has 0 unspecified atom stereocenters. The summed E-state index contributed by atoms with van der Waals surface area (Å²) in [5.41, 5.74) is 2.00. The van der Waals surface area contributed by atoms with Gasteiger partial charge in [-0.15, -0.1) is 0 Å². The second-order valence-corrected chi connectivity index (χ2v) is 4.91. The zero-order valence-electron chi connectivity index (χ0n) is 8.40. The van der Waals surface area contributed by atoms with Crippen molar-refractivity contribution in [1.82, 2.24) is 0 Å². The smallest absolute Gasteiger partial charge is 0.113 e. The first kappa shape index (κ1) is 11.6. The van der Waals surface area contributed by atoms with E-state index in [1.807, 2.05) is 54.6 Å². The maximum atomic E-state index is 4.48. The summed E-state index contributed by atoms with van der Waals surface area (Å²) in [4.78, 5) is 4.48. The normalized spacial score (nSPS) is 11.5. The molecule has 16 heavy (non-hydrogen) atoms. The Bertz CT molecular complexity index is 489. The van der Waals surface area contributed by atoms with Crippen LogP contribution in [-0.4, -0.2) is 4.62 Å². The van der Waals surface area contributed by atoms with Crippen LogP contribution in [0.3, 0.4) is 0 Å². The summed E-state index contributed by atoms with van der Waals surface area (Å²) in [6, 6.07) is 17.9. The molecule has 0 aromatic heterocycles. The van der Waals surface area contributed by atoms with E-state index in [0.717, 1.165) is 20.3 Å². The Balaban J connectivity index is 2.28. The van der Waals surface area contributed by atoms with Crippen LogP contribution >= 0.6 is 31.9 Å². The summed E-state index contributed by atoms with van der Waals surface area (Å²) >= 11 is 6.88. The third-order valence-corrected chi connectivity index (χ3v) is 3.23. The van der Waals surface area contributed by atoms with Gasteiger partial charge in [0.25, 0.3) is 0 Å². The van der Waals surface area contributed by atoms with E-state index in [-0.39, 0.29) is 0 Å². The highest BCUT2D eigenvalue weighted by molar-refractivity contribution is 9.18. The van der Waals surface area contributed by atoms with Crippen LogP contribution in [0.1, 0.15) is 5.56 Å². The highest BCUT2D eigenvalue weighted by Gasteiger charge is 1.98. The molecule has 0 saturated heterocycles. The van der Waals surface area contributed by atoms with Gasteiger partial charge in [0, 0.05) is 10.0 Å². The van der Waals surface area contributed by atoms with Gasteiger partial charge in [0.05, 0.1) is 5.69 Å². The van der Waals surface area contributed by atoms with Crippen LogP contribution in [0, 0.1) is 0 Å². The molecule has 0 atom stereocenters. The highest BCUT2D eigenvalue weighted by atomic mass is 79.9. The van der Waals surface area contributed by atoms with E-state index in [1.165, 1.54) is 0 Å². The molecular weight excluding hydrogens is 330 g/mol. The Kier molecular flexibility index (Phi) is 3.91. The molecule has 2 aromatic carbocycles. The topological polar surface area (TPSA) is 12.4 Å². The van der Waals surface area contributed by atoms with Gasteiger partial charge >= 0.3 is 0 Å². The number of hydrogen-bond acceptors (Lipinski definition) is 1. The molecule has 2 aromatic rings. The summed E-state index contributed by atoms with van der Waals surface area (Å²) in [6.45, 7) is 0. The van der Waals surface area contributed by atoms with Crippen molar-refractivity contribution in [2.24, 2.45) is 4.99 Å². The lowest BCUT2D eigenvalue weighted by atomic mass is 10.2. The van der Waals surface area contributed by atoms with E-state index < -0.39 is 0 Å². The molecule has 0 heterocycles. The van der Waals surface area contributed by atoms with Gasteiger partial charge in [0.2, 0.25) is 0 Å². The Hall–Kier alpha value is -0.930. The van der Waals surface area contributed by atoms with Crippen LogP contribution in [-0.2, 0) is 0 Å². The predicted octanol–water partition coefficient (Wildman–Crippen LogP) is 4.92. The van der Waals surface area contributed by atoms with Gasteiger partial charge in [-0.25, -0.2) is 4.99 Å². The van der Waals surface area contributed by atoms with Crippen molar-refractivity contribution in [2.45, 2.75) is 0 Å². The minimum absolute atomic E-state index is 0.843. The van der Waals surface area contributed by atoms with Crippen molar-refractivity contribution in [3.8, 4) is 0 Å². The Labute approximate surface area is 111 Å². The number of hydrogen-bond donors (Lipinski definition) is 0. The number of nitrogens with zero attached hydrogens (tertiary/aromatic N) is 1. The quantitative estimate of drug-likeness (QED) is 0.689. The van der Waals surface area contributed by atoms with Crippen molar-refractivity contribution in [3.05, 3.63) is 64.6 Å². The summed E-state index contributed by atoms with van der Waals surface area (Å²) in [5.74, 6) is 0. The van der Waals surface area contributed by atoms with Gasteiger partial charge in [-0.2, -0.15) is 0 Å². The average Bonchev–Trinajstić information content (AvgIpc) is 2.33. The van der Waals surface area contributed by atoms with Gasteiger partial charge in [0.1, 0.15) is 4.62 Å². The zero-order valence-corrected chi connectivity index (χ0v) is 11.6. The molecule has 80 valence electrons. The fraction of sp³-hybridized carbons (Fsp3) is 0. The third kappa shape index (κ3) is 3.03. The number of benzene rings is 2. The van der Waals surface area contributed by atoms with Crippen molar-refractivity contribution < 1.29 is 0 Å². The van der Waals surface area contributed by atoms with Crippen LogP contribution in [0.25, 0.3) is 0 Å². The highest BCUT2D eigenvalue weighted by Crippen LogP contribution is 2.19. The van der Waals surface area contributed by atoms with Gasteiger partial charge in [0.15, 0.2) is 0 Å². The lowest BCUT2D eigenvalue weighted by molar-refractivity contribution is 1.51. The lowest BCUT2D eigenvalue weighted by Crippen LogP contribution is -1.88. The van der Waals surface area contributed by atoms with Crippen molar-refractivity contribution in [2.75, 3.05) is 0 Å². The monoisotopic (exact) mass is 337 g/mol. The Morgan fingerprint density at radius 2 is 1.50 bits per heavy atom. The molecule has 0 spiro atoms. The molecule has 0 bridgehead atoms. The largest absolute Gasteiger partial charge is 0.241 e. The summed E-state index contributed by atoms with van der Waals surface area (Å²) in [5, 5.41) is 0. The SMILES string of the molecule is BrC(=Nc1ccc(Br)cc1)c1ccccc1.